The van der Waals surface area contributed by atoms with E-state index in [2.05, 4.69) is 15.1 Å². The van der Waals surface area contributed by atoms with Crippen LogP contribution in [0.2, 0.25) is 5.02 Å². The van der Waals surface area contributed by atoms with E-state index in [0.29, 0.717) is 5.82 Å². The molecule has 0 bridgehead atoms. The summed E-state index contributed by atoms with van der Waals surface area (Å²) >= 11 is 6.10. The van der Waals surface area contributed by atoms with Crippen molar-refractivity contribution in [1.82, 2.24) is 14.5 Å². The van der Waals surface area contributed by atoms with E-state index in [0.717, 1.165) is 25.7 Å². The zero-order valence-corrected chi connectivity index (χ0v) is 17.8. The van der Waals surface area contributed by atoms with Crippen molar-refractivity contribution in [3.05, 3.63) is 41.0 Å². The summed E-state index contributed by atoms with van der Waals surface area (Å²) < 4.78 is 29.7. The van der Waals surface area contributed by atoms with Gasteiger partial charge in [0.1, 0.15) is 10.7 Å². The van der Waals surface area contributed by atoms with Gasteiger partial charge in [0, 0.05) is 17.2 Å². The Morgan fingerprint density at radius 2 is 1.89 bits per heavy atom. The van der Waals surface area contributed by atoms with Crippen LogP contribution in [0.4, 0.5) is 5.82 Å². The van der Waals surface area contributed by atoms with E-state index in [1.807, 2.05) is 4.68 Å². The molecule has 1 aliphatic carbocycles. The first-order valence-electron chi connectivity index (χ1n) is 9.25. The van der Waals surface area contributed by atoms with Crippen LogP contribution >= 0.6 is 11.6 Å². The lowest BCUT2D eigenvalue weighted by atomic mass is 10.1. The number of rotatable bonds is 5. The molecule has 0 radical (unpaired) electrons. The Morgan fingerprint density at radius 3 is 2.54 bits per heavy atom. The molecule has 152 valence electrons. The minimum atomic E-state index is -3.87. The molecule has 1 aromatic heterocycles. The molecule has 1 heterocycles. The third-order valence-corrected chi connectivity index (χ3v) is 6.75. The molecule has 1 aromatic carbocycles. The van der Waals surface area contributed by atoms with E-state index in [9.17, 15) is 13.2 Å². The number of benzene rings is 1. The standard InChI is InChI=1S/C19H25ClN4O3S/c1-19(2,3)23-28(26,27)16-12-13(8-9-15(16)20)18(25)22-17-10-11-21-24(17)14-6-4-5-7-14/h8-12,14,23H,4-7H2,1-3H3,(H,22,25). The molecule has 0 saturated heterocycles. The molecule has 3 rings (SSSR count). The van der Waals surface area contributed by atoms with E-state index in [-0.39, 0.29) is 21.5 Å². The number of carbonyl (C=O) groups excluding carboxylic acids is 1. The van der Waals surface area contributed by atoms with Gasteiger partial charge in [-0.15, -0.1) is 0 Å². The Labute approximate surface area is 170 Å². The zero-order valence-electron chi connectivity index (χ0n) is 16.2. The molecule has 1 fully saturated rings. The van der Waals surface area contributed by atoms with E-state index >= 15 is 0 Å². The van der Waals surface area contributed by atoms with Crippen LogP contribution in [0.15, 0.2) is 35.4 Å². The Morgan fingerprint density at radius 1 is 1.21 bits per heavy atom. The van der Waals surface area contributed by atoms with E-state index in [4.69, 9.17) is 11.6 Å². The Hall–Kier alpha value is -1.90. The van der Waals surface area contributed by atoms with Gasteiger partial charge in [0.2, 0.25) is 10.0 Å². The number of amides is 1. The van der Waals surface area contributed by atoms with Crippen molar-refractivity contribution in [3.63, 3.8) is 0 Å². The second-order valence-corrected chi connectivity index (χ2v) is 10.1. The summed E-state index contributed by atoms with van der Waals surface area (Å²) in [7, 11) is -3.87. The van der Waals surface area contributed by atoms with Crippen molar-refractivity contribution in [3.8, 4) is 0 Å². The fourth-order valence-corrected chi connectivity index (χ4v) is 5.30. The molecular formula is C19H25ClN4O3S. The zero-order chi connectivity index (χ0) is 20.5. The maximum absolute atomic E-state index is 12.7. The first-order valence-corrected chi connectivity index (χ1v) is 11.1. The summed E-state index contributed by atoms with van der Waals surface area (Å²) in [5, 5.41) is 7.22. The molecule has 1 amide bonds. The van der Waals surface area contributed by atoms with Gasteiger partial charge in [-0.2, -0.15) is 5.10 Å². The Kier molecular flexibility index (Phi) is 5.84. The first kappa shape index (κ1) is 20.8. The normalized spacial score (nSPS) is 15.7. The van der Waals surface area contributed by atoms with Crippen LogP contribution in [-0.2, 0) is 10.0 Å². The van der Waals surface area contributed by atoms with Gasteiger partial charge in [-0.05, 0) is 51.8 Å². The maximum Gasteiger partial charge on any atom is 0.256 e. The van der Waals surface area contributed by atoms with Crippen molar-refractivity contribution < 1.29 is 13.2 Å². The topological polar surface area (TPSA) is 93.1 Å². The molecular weight excluding hydrogens is 400 g/mol. The van der Waals surface area contributed by atoms with Crippen molar-refractivity contribution in [2.75, 3.05) is 5.32 Å². The highest BCUT2D eigenvalue weighted by atomic mass is 35.5. The van der Waals surface area contributed by atoms with Crippen LogP contribution in [0.5, 0.6) is 0 Å². The molecule has 7 nitrogen and oxygen atoms in total. The predicted molar refractivity (Wildman–Crippen MR) is 109 cm³/mol. The fourth-order valence-electron chi connectivity index (χ4n) is 3.35. The molecule has 9 heteroatoms. The van der Waals surface area contributed by atoms with Crippen LogP contribution in [0, 0.1) is 0 Å². The molecule has 0 atom stereocenters. The molecule has 0 spiro atoms. The third kappa shape index (κ3) is 4.74. The second-order valence-electron chi connectivity index (χ2n) is 8.05. The number of hydrogen-bond donors (Lipinski definition) is 2. The quantitative estimate of drug-likeness (QED) is 0.759. The molecule has 1 aliphatic rings. The van der Waals surface area contributed by atoms with Gasteiger partial charge in [0.25, 0.3) is 5.91 Å². The van der Waals surface area contributed by atoms with Gasteiger partial charge in [-0.25, -0.2) is 17.8 Å². The number of aromatic nitrogens is 2. The average molecular weight is 425 g/mol. The summed E-state index contributed by atoms with van der Waals surface area (Å²) in [6.45, 7) is 5.21. The monoisotopic (exact) mass is 424 g/mol. The van der Waals surface area contributed by atoms with Gasteiger partial charge >= 0.3 is 0 Å². The van der Waals surface area contributed by atoms with Crippen LogP contribution in [0.1, 0.15) is 62.9 Å². The predicted octanol–water partition coefficient (Wildman–Crippen LogP) is 3.98. The summed E-state index contributed by atoms with van der Waals surface area (Å²) in [6.07, 6.45) is 6.02. The summed E-state index contributed by atoms with van der Waals surface area (Å²) in [4.78, 5) is 12.6. The Bertz CT molecular complexity index is 973. The van der Waals surface area contributed by atoms with Crippen LogP contribution in [0.25, 0.3) is 0 Å². The highest BCUT2D eigenvalue weighted by Gasteiger charge is 2.26. The van der Waals surface area contributed by atoms with E-state index < -0.39 is 21.5 Å². The summed E-state index contributed by atoms with van der Waals surface area (Å²) in [5.74, 6) is 0.188. The molecule has 2 aromatic rings. The lowest BCUT2D eigenvalue weighted by Gasteiger charge is -2.21. The number of hydrogen-bond acceptors (Lipinski definition) is 4. The van der Waals surface area contributed by atoms with Crippen LogP contribution in [-0.4, -0.2) is 29.6 Å². The van der Waals surface area contributed by atoms with Crippen molar-refractivity contribution in [2.24, 2.45) is 0 Å². The number of nitrogens with one attached hydrogen (secondary N) is 2. The lowest BCUT2D eigenvalue weighted by Crippen LogP contribution is -2.40. The lowest BCUT2D eigenvalue weighted by molar-refractivity contribution is 0.102. The highest BCUT2D eigenvalue weighted by Crippen LogP contribution is 2.31. The summed E-state index contributed by atoms with van der Waals surface area (Å²) in [6, 6.07) is 6.24. The van der Waals surface area contributed by atoms with Gasteiger partial charge in [0.15, 0.2) is 0 Å². The number of nitrogens with zero attached hydrogens (tertiary/aromatic N) is 2. The number of anilines is 1. The number of carbonyl (C=O) groups is 1. The minimum absolute atomic E-state index is 0.0595. The molecule has 1 saturated carbocycles. The largest absolute Gasteiger partial charge is 0.307 e. The van der Waals surface area contributed by atoms with Gasteiger partial charge in [-0.1, -0.05) is 24.4 Å². The van der Waals surface area contributed by atoms with E-state index in [1.54, 1.807) is 33.0 Å². The number of halogens is 1. The van der Waals surface area contributed by atoms with Crippen molar-refractivity contribution in [1.29, 1.82) is 0 Å². The summed E-state index contributed by atoms with van der Waals surface area (Å²) in [5.41, 5.74) is -0.466. The molecule has 2 N–H and O–H groups in total. The molecule has 0 unspecified atom stereocenters. The van der Waals surface area contributed by atoms with Crippen molar-refractivity contribution in [2.45, 2.75) is 62.9 Å². The number of sulfonamides is 1. The van der Waals surface area contributed by atoms with Crippen LogP contribution < -0.4 is 10.0 Å². The van der Waals surface area contributed by atoms with Crippen molar-refractivity contribution >= 4 is 33.3 Å². The average Bonchev–Trinajstić information content (AvgIpc) is 3.23. The SMILES string of the molecule is CC(C)(C)NS(=O)(=O)c1cc(C(=O)Nc2ccnn2C2CCCC2)ccc1Cl. The van der Waals surface area contributed by atoms with Gasteiger partial charge < -0.3 is 5.32 Å². The minimum Gasteiger partial charge on any atom is -0.307 e. The maximum atomic E-state index is 12.7. The van der Waals surface area contributed by atoms with E-state index in [1.165, 1.54) is 18.2 Å². The van der Waals surface area contributed by atoms with Gasteiger partial charge in [-0.3, -0.25) is 4.79 Å². The second kappa shape index (κ2) is 7.85. The van der Waals surface area contributed by atoms with Gasteiger partial charge in [0.05, 0.1) is 17.3 Å². The first-order chi connectivity index (χ1) is 13.1. The molecule has 0 aliphatic heterocycles. The van der Waals surface area contributed by atoms with Crippen LogP contribution in [0.3, 0.4) is 0 Å². The smallest absolute Gasteiger partial charge is 0.256 e. The fraction of sp³-hybridized carbons (Fsp3) is 0.474. The third-order valence-electron chi connectivity index (χ3n) is 4.51. The highest BCUT2D eigenvalue weighted by molar-refractivity contribution is 7.89. The molecule has 28 heavy (non-hydrogen) atoms. The Balaban J connectivity index is 1.85.